The molecule has 0 unspecified atom stereocenters. The molecule has 0 saturated heterocycles. The standard InChI is InChI=1S/C55H39N3O2/c1-55(2,40-20-7-4-8-21-40)41-31-38(30-39(32-41)51-53-44(28-29-56-51)46-33-36-18-9-10-19-37(36)34-50(46)60-53)43-24-15-26-48-52(43)57-54(45-23-12-14-27-49(45)59)58(48)47-25-13-11-22-42(47)35-16-5-3-6-17-35/h3-34,59H,1-2H3. The Kier molecular flexibility index (Phi) is 8.24. The van der Waals surface area contributed by atoms with Crippen LogP contribution < -0.4 is 0 Å². The van der Waals surface area contributed by atoms with Crippen molar-refractivity contribution in [3.05, 3.63) is 205 Å². The molecule has 8 aromatic carbocycles. The smallest absolute Gasteiger partial charge is 0.161 e. The minimum Gasteiger partial charge on any atom is -0.507 e. The van der Waals surface area contributed by atoms with E-state index in [-0.39, 0.29) is 11.2 Å². The van der Waals surface area contributed by atoms with Gasteiger partial charge in [0.2, 0.25) is 0 Å². The van der Waals surface area contributed by atoms with Gasteiger partial charge in [-0.05, 0) is 87.6 Å². The average Bonchev–Trinajstić information content (AvgIpc) is 3.87. The first-order valence-electron chi connectivity index (χ1n) is 20.3. The molecule has 0 bridgehead atoms. The number of hydrogen-bond donors (Lipinski definition) is 1. The van der Waals surface area contributed by atoms with Crippen molar-refractivity contribution in [2.45, 2.75) is 19.3 Å². The number of rotatable bonds is 7. The molecular formula is C55H39N3O2. The maximum atomic E-state index is 11.4. The van der Waals surface area contributed by atoms with Crippen molar-refractivity contribution in [1.29, 1.82) is 0 Å². The maximum Gasteiger partial charge on any atom is 0.161 e. The summed E-state index contributed by atoms with van der Waals surface area (Å²) in [4.78, 5) is 10.5. The van der Waals surface area contributed by atoms with Gasteiger partial charge >= 0.3 is 0 Å². The summed E-state index contributed by atoms with van der Waals surface area (Å²) in [7, 11) is 0. The molecule has 5 nitrogen and oxygen atoms in total. The molecule has 0 aliphatic rings. The largest absolute Gasteiger partial charge is 0.507 e. The first-order chi connectivity index (χ1) is 29.4. The van der Waals surface area contributed by atoms with Gasteiger partial charge in [-0.15, -0.1) is 0 Å². The Labute approximate surface area is 347 Å². The fourth-order valence-corrected chi connectivity index (χ4v) is 8.85. The highest BCUT2D eigenvalue weighted by Gasteiger charge is 2.27. The van der Waals surface area contributed by atoms with Gasteiger partial charge in [0, 0.05) is 39.1 Å². The van der Waals surface area contributed by atoms with Crippen LogP contribution in [0, 0.1) is 0 Å². The molecule has 0 amide bonds. The summed E-state index contributed by atoms with van der Waals surface area (Å²) in [6.45, 7) is 4.55. The molecule has 0 radical (unpaired) electrons. The zero-order chi connectivity index (χ0) is 40.4. The summed E-state index contributed by atoms with van der Waals surface area (Å²) in [6, 6.07) is 64.9. The molecule has 3 heterocycles. The predicted molar refractivity (Wildman–Crippen MR) is 246 cm³/mol. The Balaban J connectivity index is 1.19. The van der Waals surface area contributed by atoms with Gasteiger partial charge in [0.25, 0.3) is 0 Å². The zero-order valence-corrected chi connectivity index (χ0v) is 33.2. The van der Waals surface area contributed by atoms with Gasteiger partial charge in [-0.25, -0.2) is 4.98 Å². The van der Waals surface area contributed by atoms with Crippen LogP contribution in [-0.4, -0.2) is 19.6 Å². The van der Waals surface area contributed by atoms with E-state index in [1.54, 1.807) is 6.07 Å². The van der Waals surface area contributed by atoms with Gasteiger partial charge in [0.1, 0.15) is 22.9 Å². The van der Waals surface area contributed by atoms with Crippen LogP contribution in [0.3, 0.4) is 0 Å². The van der Waals surface area contributed by atoms with Crippen LogP contribution in [0.15, 0.2) is 199 Å². The minimum absolute atomic E-state index is 0.166. The molecule has 1 N–H and O–H groups in total. The normalized spacial score (nSPS) is 11.9. The Morgan fingerprint density at radius 2 is 1.20 bits per heavy atom. The van der Waals surface area contributed by atoms with E-state index in [0.29, 0.717) is 11.4 Å². The van der Waals surface area contributed by atoms with Crippen molar-refractivity contribution in [2.75, 3.05) is 0 Å². The van der Waals surface area contributed by atoms with E-state index >= 15 is 0 Å². The van der Waals surface area contributed by atoms with Crippen molar-refractivity contribution in [3.8, 4) is 56.3 Å². The highest BCUT2D eigenvalue weighted by atomic mass is 16.3. The van der Waals surface area contributed by atoms with Crippen LogP contribution in [0.1, 0.15) is 25.0 Å². The molecule has 3 aromatic heterocycles. The number of phenols is 1. The summed E-state index contributed by atoms with van der Waals surface area (Å²) in [5, 5.41) is 15.8. The van der Waals surface area contributed by atoms with Crippen molar-refractivity contribution >= 4 is 43.7 Å². The lowest BCUT2D eigenvalue weighted by Crippen LogP contribution is -2.19. The number of nitrogens with zero attached hydrogens (tertiary/aromatic N) is 3. The quantitative estimate of drug-likeness (QED) is 0.175. The number of furan rings is 1. The highest BCUT2D eigenvalue weighted by molar-refractivity contribution is 6.12. The fourth-order valence-electron chi connectivity index (χ4n) is 8.85. The van der Waals surface area contributed by atoms with E-state index in [2.05, 4.69) is 176 Å². The Morgan fingerprint density at radius 1 is 0.533 bits per heavy atom. The second-order valence-electron chi connectivity index (χ2n) is 16.0. The number of benzene rings is 8. The van der Waals surface area contributed by atoms with E-state index in [0.717, 1.165) is 83.1 Å². The van der Waals surface area contributed by atoms with Crippen LogP contribution in [0.5, 0.6) is 5.75 Å². The molecule has 5 heteroatoms. The van der Waals surface area contributed by atoms with Gasteiger partial charge in [0.15, 0.2) is 5.58 Å². The fraction of sp³-hybridized carbons (Fsp3) is 0.0545. The second kappa shape index (κ2) is 14.0. The van der Waals surface area contributed by atoms with Crippen LogP contribution in [0.2, 0.25) is 0 Å². The number of pyridine rings is 1. The Morgan fingerprint density at radius 3 is 2.00 bits per heavy atom. The number of hydrogen-bond acceptors (Lipinski definition) is 4. The number of imidazole rings is 1. The lowest BCUT2D eigenvalue weighted by atomic mass is 9.76. The van der Waals surface area contributed by atoms with Crippen molar-refractivity contribution in [2.24, 2.45) is 0 Å². The van der Waals surface area contributed by atoms with Gasteiger partial charge in [-0.2, -0.15) is 0 Å². The third-order valence-electron chi connectivity index (χ3n) is 12.0. The molecule has 0 aliphatic heterocycles. The molecule has 0 aliphatic carbocycles. The number of aromatic hydroxyl groups is 1. The van der Waals surface area contributed by atoms with E-state index in [9.17, 15) is 5.11 Å². The first kappa shape index (κ1) is 35.4. The van der Waals surface area contributed by atoms with Gasteiger partial charge in [-0.1, -0.05) is 147 Å². The van der Waals surface area contributed by atoms with Crippen molar-refractivity contribution in [3.63, 3.8) is 0 Å². The first-order valence-corrected chi connectivity index (χ1v) is 20.3. The number of phenolic OH excluding ortho intramolecular Hbond substituents is 1. The van der Waals surface area contributed by atoms with Crippen LogP contribution in [0.25, 0.3) is 94.3 Å². The molecule has 0 saturated carbocycles. The van der Waals surface area contributed by atoms with E-state index in [1.807, 2.05) is 30.5 Å². The van der Waals surface area contributed by atoms with Gasteiger partial charge < -0.3 is 9.52 Å². The highest BCUT2D eigenvalue weighted by Crippen LogP contribution is 2.44. The second-order valence-corrected chi connectivity index (χ2v) is 16.0. The third kappa shape index (κ3) is 5.77. The van der Waals surface area contributed by atoms with Crippen LogP contribution >= 0.6 is 0 Å². The predicted octanol–water partition coefficient (Wildman–Crippen LogP) is 14.2. The summed E-state index contributed by atoms with van der Waals surface area (Å²) in [6.07, 6.45) is 1.89. The minimum atomic E-state index is -0.367. The maximum absolute atomic E-state index is 11.4. The average molecular weight is 774 g/mol. The molecule has 286 valence electrons. The van der Waals surface area contributed by atoms with Crippen molar-refractivity contribution < 1.29 is 9.52 Å². The van der Waals surface area contributed by atoms with Gasteiger partial charge in [0.05, 0.1) is 22.3 Å². The summed E-state index contributed by atoms with van der Waals surface area (Å²) < 4.78 is 8.94. The molecule has 11 rings (SSSR count). The summed E-state index contributed by atoms with van der Waals surface area (Å²) in [5.74, 6) is 0.820. The van der Waals surface area contributed by atoms with Crippen LogP contribution in [0.4, 0.5) is 0 Å². The van der Waals surface area contributed by atoms with Crippen LogP contribution in [-0.2, 0) is 5.41 Å². The van der Waals surface area contributed by atoms with E-state index in [4.69, 9.17) is 14.4 Å². The number of para-hydroxylation sites is 3. The number of aromatic nitrogens is 3. The molecule has 60 heavy (non-hydrogen) atoms. The summed E-state index contributed by atoms with van der Waals surface area (Å²) in [5.41, 5.74) is 12.8. The molecule has 0 atom stereocenters. The Hall–Kier alpha value is -7.76. The third-order valence-corrected chi connectivity index (χ3v) is 12.0. The molecule has 0 spiro atoms. The van der Waals surface area contributed by atoms with Gasteiger partial charge in [-0.3, -0.25) is 9.55 Å². The SMILES string of the molecule is CC(C)(c1ccccc1)c1cc(-c2cccc3c2nc(-c2ccccc2O)n3-c2ccccc2-c2ccccc2)cc(-c2nccc3c2oc2cc4ccccc4cc23)c1. The molecule has 11 aromatic rings. The topological polar surface area (TPSA) is 64.1 Å². The Bertz CT molecular complexity index is 3420. The monoisotopic (exact) mass is 773 g/mol. The van der Waals surface area contributed by atoms with E-state index < -0.39 is 0 Å². The molecular weight excluding hydrogens is 735 g/mol. The van der Waals surface area contributed by atoms with Crippen molar-refractivity contribution in [1.82, 2.24) is 14.5 Å². The lowest BCUT2D eigenvalue weighted by molar-refractivity contribution is 0.477. The number of fused-ring (bicyclic) bond motifs is 5. The summed E-state index contributed by atoms with van der Waals surface area (Å²) >= 11 is 0. The lowest BCUT2D eigenvalue weighted by Gasteiger charge is -2.27. The molecule has 0 fully saturated rings. The van der Waals surface area contributed by atoms with E-state index in [1.165, 1.54) is 10.9 Å². The zero-order valence-electron chi connectivity index (χ0n) is 33.2.